The topological polar surface area (TPSA) is 51.8 Å². The van der Waals surface area contributed by atoms with Crippen LogP contribution in [0.5, 0.6) is 0 Å². The summed E-state index contributed by atoms with van der Waals surface area (Å²) in [6, 6.07) is 3.76. The van der Waals surface area contributed by atoms with Crippen LogP contribution in [0.4, 0.5) is 0 Å². The van der Waals surface area contributed by atoms with Gasteiger partial charge in [0.2, 0.25) is 11.8 Å². The molecule has 0 saturated heterocycles. The van der Waals surface area contributed by atoms with E-state index in [0.29, 0.717) is 11.8 Å². The molecule has 0 radical (unpaired) electrons. The molecule has 0 aliphatic heterocycles. The highest BCUT2D eigenvalue weighted by atomic mass is 16.4. The normalized spacial score (nSPS) is 16.8. The molecule has 0 amide bonds. The minimum Gasteiger partial charge on any atom is -0.420 e. The van der Waals surface area contributed by atoms with Gasteiger partial charge < -0.3 is 4.42 Å². The highest BCUT2D eigenvalue weighted by molar-refractivity contribution is 5.50. The van der Waals surface area contributed by atoms with Gasteiger partial charge in [0.1, 0.15) is 0 Å². The quantitative estimate of drug-likeness (QED) is 0.772. The molecule has 2 aromatic rings. The summed E-state index contributed by atoms with van der Waals surface area (Å²) in [5.41, 5.74) is 0.937. The molecule has 0 unspecified atom stereocenters. The van der Waals surface area contributed by atoms with Crippen LogP contribution in [-0.2, 0) is 0 Å². The first-order valence-electron chi connectivity index (χ1n) is 5.67. The SMILES string of the molecule is c1cc(-c2nnc(C3CCCC3)o2)ccn1. The Kier molecular flexibility index (Phi) is 2.40. The molecule has 3 rings (SSSR count). The highest BCUT2D eigenvalue weighted by Gasteiger charge is 2.22. The molecule has 16 heavy (non-hydrogen) atoms. The van der Waals surface area contributed by atoms with Crippen molar-refractivity contribution >= 4 is 0 Å². The molecule has 1 aliphatic carbocycles. The standard InChI is InChI=1S/C12H13N3O/c1-2-4-9(3-1)11-14-15-12(16-11)10-5-7-13-8-6-10/h5-9H,1-4H2. The summed E-state index contributed by atoms with van der Waals surface area (Å²) in [5.74, 6) is 1.87. The molecule has 1 fully saturated rings. The zero-order chi connectivity index (χ0) is 10.8. The molecule has 0 aromatic carbocycles. The number of hydrogen-bond donors (Lipinski definition) is 0. The van der Waals surface area contributed by atoms with Crippen LogP contribution >= 0.6 is 0 Å². The molecule has 2 aromatic heterocycles. The third-order valence-electron chi connectivity index (χ3n) is 3.07. The Morgan fingerprint density at radius 1 is 1.06 bits per heavy atom. The summed E-state index contributed by atoms with van der Waals surface area (Å²) in [7, 11) is 0. The number of aromatic nitrogens is 3. The van der Waals surface area contributed by atoms with Gasteiger partial charge in [-0.3, -0.25) is 4.98 Å². The lowest BCUT2D eigenvalue weighted by molar-refractivity contribution is 0.457. The van der Waals surface area contributed by atoms with E-state index in [1.54, 1.807) is 12.4 Å². The van der Waals surface area contributed by atoms with Crippen molar-refractivity contribution < 1.29 is 4.42 Å². The van der Waals surface area contributed by atoms with Crippen LogP contribution in [-0.4, -0.2) is 15.2 Å². The third-order valence-corrected chi connectivity index (χ3v) is 3.07. The van der Waals surface area contributed by atoms with Crippen LogP contribution in [0.1, 0.15) is 37.5 Å². The second-order valence-electron chi connectivity index (χ2n) is 4.16. The summed E-state index contributed by atoms with van der Waals surface area (Å²) in [6.45, 7) is 0. The summed E-state index contributed by atoms with van der Waals surface area (Å²) >= 11 is 0. The van der Waals surface area contributed by atoms with Gasteiger partial charge in [-0.25, -0.2) is 0 Å². The van der Waals surface area contributed by atoms with Crippen molar-refractivity contribution in [2.45, 2.75) is 31.6 Å². The second-order valence-corrected chi connectivity index (χ2v) is 4.16. The lowest BCUT2D eigenvalue weighted by Crippen LogP contribution is -1.91. The summed E-state index contributed by atoms with van der Waals surface area (Å²) in [4.78, 5) is 3.97. The fourth-order valence-corrected chi connectivity index (χ4v) is 2.18. The van der Waals surface area contributed by atoms with Gasteiger partial charge in [0.25, 0.3) is 0 Å². The Bertz CT molecular complexity index is 460. The van der Waals surface area contributed by atoms with Crippen LogP contribution in [0, 0.1) is 0 Å². The number of nitrogens with zero attached hydrogens (tertiary/aromatic N) is 3. The first kappa shape index (κ1) is 9.51. The average molecular weight is 215 g/mol. The molecule has 0 atom stereocenters. The van der Waals surface area contributed by atoms with E-state index in [2.05, 4.69) is 15.2 Å². The Labute approximate surface area is 93.7 Å². The Morgan fingerprint density at radius 3 is 2.56 bits per heavy atom. The van der Waals surface area contributed by atoms with Crippen LogP contribution in [0.25, 0.3) is 11.5 Å². The molecule has 4 heteroatoms. The maximum absolute atomic E-state index is 5.70. The molecule has 4 nitrogen and oxygen atoms in total. The van der Waals surface area contributed by atoms with E-state index in [9.17, 15) is 0 Å². The van der Waals surface area contributed by atoms with Gasteiger partial charge in [-0.15, -0.1) is 10.2 Å². The van der Waals surface area contributed by atoms with Gasteiger partial charge in [0.15, 0.2) is 0 Å². The molecule has 82 valence electrons. The van der Waals surface area contributed by atoms with Crippen molar-refractivity contribution in [3.8, 4) is 11.5 Å². The number of hydrogen-bond acceptors (Lipinski definition) is 4. The maximum atomic E-state index is 5.70. The first-order chi connectivity index (χ1) is 7.93. The van der Waals surface area contributed by atoms with E-state index in [-0.39, 0.29) is 0 Å². The molecule has 1 saturated carbocycles. The van der Waals surface area contributed by atoms with E-state index in [1.165, 1.54) is 25.7 Å². The van der Waals surface area contributed by atoms with E-state index in [4.69, 9.17) is 4.42 Å². The predicted octanol–water partition coefficient (Wildman–Crippen LogP) is 2.79. The minimum atomic E-state index is 0.475. The third kappa shape index (κ3) is 1.71. The van der Waals surface area contributed by atoms with E-state index < -0.39 is 0 Å². The number of rotatable bonds is 2. The van der Waals surface area contributed by atoms with Crippen LogP contribution in [0.3, 0.4) is 0 Å². The van der Waals surface area contributed by atoms with Gasteiger partial charge in [0.05, 0.1) is 0 Å². The van der Waals surface area contributed by atoms with E-state index >= 15 is 0 Å². The van der Waals surface area contributed by atoms with Crippen molar-refractivity contribution in [3.63, 3.8) is 0 Å². The zero-order valence-corrected chi connectivity index (χ0v) is 8.97. The smallest absolute Gasteiger partial charge is 0.247 e. The van der Waals surface area contributed by atoms with E-state index in [0.717, 1.165) is 11.5 Å². The fraction of sp³-hybridized carbons (Fsp3) is 0.417. The molecule has 0 spiro atoms. The highest BCUT2D eigenvalue weighted by Crippen LogP contribution is 2.34. The van der Waals surface area contributed by atoms with Gasteiger partial charge in [-0.05, 0) is 25.0 Å². The van der Waals surface area contributed by atoms with Gasteiger partial charge >= 0.3 is 0 Å². The molecule has 2 heterocycles. The average Bonchev–Trinajstić information content (AvgIpc) is 3.01. The van der Waals surface area contributed by atoms with Crippen molar-refractivity contribution in [1.82, 2.24) is 15.2 Å². The molecule has 1 aliphatic rings. The molecular formula is C12H13N3O. The lowest BCUT2D eigenvalue weighted by atomic mass is 10.1. The van der Waals surface area contributed by atoms with Crippen molar-refractivity contribution in [2.75, 3.05) is 0 Å². The largest absolute Gasteiger partial charge is 0.420 e. The Balaban J connectivity index is 1.87. The van der Waals surface area contributed by atoms with Crippen LogP contribution in [0.15, 0.2) is 28.9 Å². The van der Waals surface area contributed by atoms with Gasteiger partial charge in [-0.1, -0.05) is 12.8 Å². The predicted molar refractivity (Wildman–Crippen MR) is 58.7 cm³/mol. The molecule has 0 bridgehead atoms. The van der Waals surface area contributed by atoms with Crippen molar-refractivity contribution in [2.24, 2.45) is 0 Å². The van der Waals surface area contributed by atoms with E-state index in [1.807, 2.05) is 12.1 Å². The monoisotopic (exact) mass is 215 g/mol. The Morgan fingerprint density at radius 2 is 1.81 bits per heavy atom. The summed E-state index contributed by atoms with van der Waals surface area (Å²) < 4.78 is 5.70. The van der Waals surface area contributed by atoms with Crippen molar-refractivity contribution in [3.05, 3.63) is 30.4 Å². The van der Waals surface area contributed by atoms with Gasteiger partial charge in [0, 0.05) is 23.9 Å². The molecular weight excluding hydrogens is 202 g/mol. The number of pyridine rings is 1. The second kappa shape index (κ2) is 4.04. The van der Waals surface area contributed by atoms with Crippen LogP contribution in [0.2, 0.25) is 0 Å². The zero-order valence-electron chi connectivity index (χ0n) is 8.97. The Hall–Kier alpha value is -1.71. The van der Waals surface area contributed by atoms with Crippen molar-refractivity contribution in [1.29, 1.82) is 0 Å². The lowest BCUT2D eigenvalue weighted by Gasteiger charge is -2.00. The summed E-state index contributed by atoms with van der Waals surface area (Å²) in [5, 5.41) is 8.22. The summed E-state index contributed by atoms with van der Waals surface area (Å²) in [6.07, 6.45) is 8.37. The maximum Gasteiger partial charge on any atom is 0.247 e. The van der Waals surface area contributed by atoms with Crippen LogP contribution < -0.4 is 0 Å². The minimum absolute atomic E-state index is 0.475. The molecule has 0 N–H and O–H groups in total. The fourth-order valence-electron chi connectivity index (χ4n) is 2.18. The van der Waals surface area contributed by atoms with Gasteiger partial charge in [-0.2, -0.15) is 0 Å². The first-order valence-corrected chi connectivity index (χ1v) is 5.67.